The van der Waals surface area contributed by atoms with Gasteiger partial charge in [0.25, 0.3) is 0 Å². The van der Waals surface area contributed by atoms with E-state index in [-0.39, 0.29) is 18.4 Å². The van der Waals surface area contributed by atoms with Crippen LogP contribution < -0.4 is 10.6 Å². The van der Waals surface area contributed by atoms with Crippen LogP contribution in [0.3, 0.4) is 0 Å². The maximum absolute atomic E-state index is 12.1. The zero-order chi connectivity index (χ0) is 21.4. The Balaban J connectivity index is 1.38. The number of nitrogens with zero attached hydrogens (tertiary/aromatic N) is 7. The van der Waals surface area contributed by atoms with Gasteiger partial charge in [0, 0.05) is 25.3 Å². The van der Waals surface area contributed by atoms with Crippen molar-refractivity contribution in [2.75, 3.05) is 23.7 Å². The number of aromatic nitrogens is 6. The van der Waals surface area contributed by atoms with Crippen molar-refractivity contribution in [3.63, 3.8) is 0 Å². The molecule has 12 heteroatoms. The van der Waals surface area contributed by atoms with E-state index in [1.165, 1.54) is 0 Å². The number of carbonyl (C=O) groups excluding carboxylic acids is 1. The molecule has 0 aromatic carbocycles. The van der Waals surface area contributed by atoms with E-state index >= 15 is 0 Å². The van der Waals surface area contributed by atoms with E-state index < -0.39 is 0 Å². The number of fused-ring (bicyclic) bond motifs is 1. The minimum atomic E-state index is -0.154. The fraction of sp³-hybridized carbons (Fsp3) is 0.474. The third-order valence-electron chi connectivity index (χ3n) is 5.49. The molecule has 1 amide bonds. The second-order valence-electron chi connectivity index (χ2n) is 7.86. The number of amides is 1. The molecule has 1 saturated heterocycles. The van der Waals surface area contributed by atoms with Gasteiger partial charge in [-0.1, -0.05) is 11.6 Å². The van der Waals surface area contributed by atoms with Crippen molar-refractivity contribution >= 4 is 46.0 Å². The van der Waals surface area contributed by atoms with Crippen molar-refractivity contribution in [1.29, 1.82) is 5.26 Å². The highest BCUT2D eigenvalue weighted by molar-refractivity contribution is 6.35. The highest BCUT2D eigenvalue weighted by atomic mass is 35.5. The summed E-state index contributed by atoms with van der Waals surface area (Å²) in [4.78, 5) is 22.9. The van der Waals surface area contributed by atoms with Gasteiger partial charge in [-0.05, 0) is 25.7 Å². The van der Waals surface area contributed by atoms with Crippen molar-refractivity contribution in [3.05, 3.63) is 17.5 Å². The Morgan fingerprint density at radius 2 is 2.23 bits per heavy atom. The summed E-state index contributed by atoms with van der Waals surface area (Å²) in [7, 11) is 0. The maximum atomic E-state index is 12.1. The standard InChI is InChI=1S/C19H21ClN10O/c20-16-15-17(23-11-2-1-7-29(9-11)14(31)5-6-21)25-19(26-18(15)28-27-16)24-12-8-22-30(10-12)13-3-4-13/h8,10-11,13H,1-5,7,9H2,(H3,23,24,25,26,27,28)/t11-/m1/s1. The summed E-state index contributed by atoms with van der Waals surface area (Å²) < 4.78 is 1.94. The SMILES string of the molecule is N#CCC(=O)N1CCC[C@@H](Nc2nc(Nc3cnn(C4CC4)c3)nc3n[nH]c(Cl)c23)C1. The monoisotopic (exact) mass is 440 g/mol. The number of hydrogen-bond donors (Lipinski definition) is 3. The summed E-state index contributed by atoms with van der Waals surface area (Å²) in [6, 6.07) is 2.39. The molecule has 31 heavy (non-hydrogen) atoms. The van der Waals surface area contributed by atoms with Gasteiger partial charge in [0.15, 0.2) is 5.65 Å². The van der Waals surface area contributed by atoms with E-state index in [1.807, 2.05) is 16.9 Å². The van der Waals surface area contributed by atoms with Gasteiger partial charge in [-0.15, -0.1) is 0 Å². The molecule has 4 heterocycles. The molecule has 1 aliphatic heterocycles. The van der Waals surface area contributed by atoms with Crippen LogP contribution in [0.25, 0.3) is 11.0 Å². The quantitative estimate of drug-likeness (QED) is 0.531. The van der Waals surface area contributed by atoms with Crippen molar-refractivity contribution in [2.45, 2.75) is 44.2 Å². The van der Waals surface area contributed by atoms with Crippen LogP contribution in [0.4, 0.5) is 17.5 Å². The summed E-state index contributed by atoms with van der Waals surface area (Å²) in [6.07, 6.45) is 7.59. The molecule has 0 spiro atoms. The second-order valence-corrected chi connectivity index (χ2v) is 8.23. The minimum Gasteiger partial charge on any atom is -0.365 e. The Hall–Kier alpha value is -3.39. The van der Waals surface area contributed by atoms with E-state index in [1.54, 1.807) is 11.1 Å². The second kappa shape index (κ2) is 8.03. The Morgan fingerprint density at radius 3 is 3.03 bits per heavy atom. The Morgan fingerprint density at radius 1 is 1.35 bits per heavy atom. The van der Waals surface area contributed by atoms with E-state index in [0.29, 0.717) is 47.1 Å². The number of aromatic amines is 1. The van der Waals surface area contributed by atoms with Crippen LogP contribution in [-0.4, -0.2) is 59.9 Å². The number of H-pyrrole nitrogens is 1. The van der Waals surface area contributed by atoms with Gasteiger partial charge in [-0.2, -0.15) is 25.4 Å². The first-order valence-electron chi connectivity index (χ1n) is 10.2. The van der Waals surface area contributed by atoms with Gasteiger partial charge in [0.1, 0.15) is 22.8 Å². The molecule has 3 aromatic heterocycles. The molecule has 5 rings (SSSR count). The van der Waals surface area contributed by atoms with Crippen LogP contribution in [-0.2, 0) is 4.79 Å². The smallest absolute Gasteiger partial charge is 0.236 e. The number of halogens is 1. The number of likely N-dealkylation sites (tertiary alicyclic amines) is 1. The van der Waals surface area contributed by atoms with E-state index in [0.717, 1.165) is 31.4 Å². The first-order valence-corrected chi connectivity index (χ1v) is 10.6. The van der Waals surface area contributed by atoms with Crippen molar-refractivity contribution in [3.8, 4) is 6.07 Å². The first kappa shape index (κ1) is 19.6. The zero-order valence-corrected chi connectivity index (χ0v) is 17.4. The number of nitrogens with one attached hydrogen (secondary N) is 3. The molecule has 11 nitrogen and oxygen atoms in total. The van der Waals surface area contributed by atoms with Gasteiger partial charge < -0.3 is 15.5 Å². The number of nitriles is 1. The summed E-state index contributed by atoms with van der Waals surface area (Å²) in [5.41, 5.74) is 1.23. The lowest BCUT2D eigenvalue weighted by atomic mass is 10.1. The predicted molar refractivity (Wildman–Crippen MR) is 114 cm³/mol. The highest BCUT2D eigenvalue weighted by Crippen LogP contribution is 2.35. The summed E-state index contributed by atoms with van der Waals surface area (Å²) in [5, 5.41) is 27.6. The van der Waals surface area contributed by atoms with Crippen LogP contribution in [0.1, 0.15) is 38.1 Å². The van der Waals surface area contributed by atoms with Gasteiger partial charge in [-0.25, -0.2) is 0 Å². The average molecular weight is 441 g/mol. The van der Waals surface area contributed by atoms with Crippen LogP contribution in [0, 0.1) is 11.3 Å². The summed E-state index contributed by atoms with van der Waals surface area (Å²) >= 11 is 6.30. The Bertz CT molecular complexity index is 1160. The molecule has 0 bridgehead atoms. The van der Waals surface area contributed by atoms with Crippen LogP contribution in [0.15, 0.2) is 12.4 Å². The number of piperidine rings is 1. The fourth-order valence-electron chi connectivity index (χ4n) is 3.81. The highest BCUT2D eigenvalue weighted by Gasteiger charge is 2.26. The molecule has 160 valence electrons. The van der Waals surface area contributed by atoms with Crippen molar-refractivity contribution in [1.82, 2.24) is 34.8 Å². The normalized spacial score (nSPS) is 18.7. The third-order valence-corrected chi connectivity index (χ3v) is 5.77. The van der Waals surface area contributed by atoms with E-state index in [4.69, 9.17) is 16.9 Å². The minimum absolute atomic E-state index is 0.0223. The lowest BCUT2D eigenvalue weighted by Gasteiger charge is -2.33. The molecule has 3 aromatic rings. The largest absolute Gasteiger partial charge is 0.365 e. The zero-order valence-electron chi connectivity index (χ0n) is 16.7. The Kier molecular flexibility index (Phi) is 5.07. The molecular weight excluding hydrogens is 420 g/mol. The first-order chi connectivity index (χ1) is 15.1. The number of anilines is 3. The van der Waals surface area contributed by atoms with E-state index in [2.05, 4.69) is 35.9 Å². The molecule has 1 saturated carbocycles. The molecule has 2 aliphatic rings. The molecular formula is C19H21ClN10O. The summed E-state index contributed by atoms with van der Waals surface area (Å²) in [5.74, 6) is 0.764. The third kappa shape index (κ3) is 4.11. The predicted octanol–water partition coefficient (Wildman–Crippen LogP) is 2.60. The van der Waals surface area contributed by atoms with Crippen molar-refractivity contribution < 1.29 is 4.79 Å². The topological polar surface area (TPSA) is 140 Å². The van der Waals surface area contributed by atoms with Crippen LogP contribution in [0.5, 0.6) is 0 Å². The summed E-state index contributed by atoms with van der Waals surface area (Å²) in [6.45, 7) is 1.15. The van der Waals surface area contributed by atoms with Gasteiger partial charge in [0.2, 0.25) is 11.9 Å². The van der Waals surface area contributed by atoms with Gasteiger partial charge in [0.05, 0.1) is 24.0 Å². The molecule has 2 fully saturated rings. The van der Waals surface area contributed by atoms with E-state index in [9.17, 15) is 4.79 Å². The molecule has 1 aliphatic carbocycles. The van der Waals surface area contributed by atoms with Crippen molar-refractivity contribution in [2.24, 2.45) is 0 Å². The van der Waals surface area contributed by atoms with Gasteiger partial charge >= 0.3 is 0 Å². The molecule has 1 atom stereocenters. The number of rotatable bonds is 6. The number of carbonyl (C=O) groups is 1. The van der Waals surface area contributed by atoms with Gasteiger partial charge in [-0.3, -0.25) is 14.6 Å². The number of hydrogen-bond acceptors (Lipinski definition) is 8. The molecule has 0 radical (unpaired) electrons. The van der Waals surface area contributed by atoms with Crippen LogP contribution in [0.2, 0.25) is 5.15 Å². The lowest BCUT2D eigenvalue weighted by Crippen LogP contribution is -2.45. The molecule has 3 N–H and O–H groups in total. The fourth-order valence-corrected chi connectivity index (χ4v) is 4.03. The van der Waals surface area contributed by atoms with Crippen LogP contribution >= 0.6 is 11.6 Å². The Labute approximate surface area is 182 Å². The lowest BCUT2D eigenvalue weighted by molar-refractivity contribution is -0.131. The average Bonchev–Trinajstić information content (AvgIpc) is 3.40. The molecule has 0 unspecified atom stereocenters. The maximum Gasteiger partial charge on any atom is 0.236 e.